The number of carbonyl (C=O) groups is 2. The summed E-state index contributed by atoms with van der Waals surface area (Å²) in [5.41, 5.74) is 9.79. The molecule has 1 fully saturated rings. The van der Waals surface area contributed by atoms with Crippen LogP contribution in [0.1, 0.15) is 21.5 Å². The van der Waals surface area contributed by atoms with Gasteiger partial charge in [0.05, 0.1) is 16.8 Å². The summed E-state index contributed by atoms with van der Waals surface area (Å²) >= 11 is 6.69. The van der Waals surface area contributed by atoms with E-state index in [1.54, 1.807) is 35.2 Å². The standard InChI is InChI=1S/C24H18N6O3S2/c25-19-18-21(27-12-26-18)29-20(28-19)16-3-1-2-14(10-16)11-17-22(31)30(24(34)35-17)9-8-13-4-6-15(7-5-13)23(32)33/h1-7,10-12H,8-9H2,(H,32,33)(H3,25,26,27,28,29)/b17-11-. The van der Waals surface area contributed by atoms with Crippen molar-refractivity contribution in [3.63, 3.8) is 0 Å². The Morgan fingerprint density at radius 2 is 2.00 bits per heavy atom. The minimum Gasteiger partial charge on any atom is -0.478 e. The molecule has 5 rings (SSSR count). The molecule has 1 aliphatic rings. The molecule has 1 saturated heterocycles. The van der Waals surface area contributed by atoms with Gasteiger partial charge in [0.15, 0.2) is 17.3 Å². The lowest BCUT2D eigenvalue weighted by atomic mass is 10.1. The maximum atomic E-state index is 13.0. The van der Waals surface area contributed by atoms with Crippen LogP contribution in [0.2, 0.25) is 0 Å². The number of rotatable bonds is 6. The van der Waals surface area contributed by atoms with Gasteiger partial charge in [0.2, 0.25) is 0 Å². The number of nitrogen functional groups attached to an aromatic ring is 1. The predicted molar refractivity (Wildman–Crippen MR) is 139 cm³/mol. The molecule has 3 heterocycles. The molecule has 0 aliphatic carbocycles. The summed E-state index contributed by atoms with van der Waals surface area (Å²) in [7, 11) is 0. The van der Waals surface area contributed by atoms with Crippen LogP contribution in [0.5, 0.6) is 0 Å². The number of fused-ring (bicyclic) bond motifs is 1. The number of imidazole rings is 1. The average Bonchev–Trinajstić information content (AvgIpc) is 3.43. The second kappa shape index (κ2) is 9.28. The quantitative estimate of drug-likeness (QED) is 0.266. The minimum atomic E-state index is -0.973. The van der Waals surface area contributed by atoms with Crippen LogP contribution >= 0.6 is 24.0 Å². The van der Waals surface area contributed by atoms with Crippen LogP contribution in [-0.2, 0) is 11.2 Å². The Morgan fingerprint density at radius 1 is 1.20 bits per heavy atom. The summed E-state index contributed by atoms with van der Waals surface area (Å²) in [5.74, 6) is -0.379. The number of benzene rings is 2. The van der Waals surface area contributed by atoms with Crippen molar-refractivity contribution in [3.05, 3.63) is 76.5 Å². The van der Waals surface area contributed by atoms with E-state index in [0.717, 1.165) is 16.7 Å². The number of thiocarbonyl (C=S) groups is 1. The van der Waals surface area contributed by atoms with Gasteiger partial charge in [-0.1, -0.05) is 54.3 Å². The molecule has 2 aromatic heterocycles. The molecule has 2 aromatic carbocycles. The number of aromatic amines is 1. The van der Waals surface area contributed by atoms with Crippen molar-refractivity contribution >= 4 is 63.2 Å². The second-order valence-corrected chi connectivity index (χ2v) is 9.42. The first-order chi connectivity index (χ1) is 16.9. The number of hydrogen-bond donors (Lipinski definition) is 3. The fraction of sp³-hybridized carbons (Fsp3) is 0.0833. The number of carboxylic acid groups (broad SMARTS) is 1. The molecule has 1 amide bonds. The Bertz CT molecular complexity index is 1510. The third-order valence-corrected chi connectivity index (χ3v) is 6.83. The highest BCUT2D eigenvalue weighted by molar-refractivity contribution is 8.26. The van der Waals surface area contributed by atoms with Gasteiger partial charge in [-0.05, 0) is 41.8 Å². The number of aromatic nitrogens is 4. The number of H-pyrrole nitrogens is 1. The van der Waals surface area contributed by atoms with Crippen molar-refractivity contribution in [2.45, 2.75) is 6.42 Å². The van der Waals surface area contributed by atoms with E-state index in [4.69, 9.17) is 23.1 Å². The first-order valence-corrected chi connectivity index (χ1v) is 11.8. The van der Waals surface area contributed by atoms with Gasteiger partial charge in [0.1, 0.15) is 9.84 Å². The maximum absolute atomic E-state index is 13.0. The van der Waals surface area contributed by atoms with E-state index in [0.29, 0.717) is 45.0 Å². The van der Waals surface area contributed by atoms with Gasteiger partial charge in [-0.15, -0.1) is 0 Å². The van der Waals surface area contributed by atoms with E-state index >= 15 is 0 Å². The fourth-order valence-corrected chi connectivity index (χ4v) is 4.96. The van der Waals surface area contributed by atoms with E-state index in [1.807, 2.05) is 24.3 Å². The van der Waals surface area contributed by atoms with Gasteiger partial charge in [-0.25, -0.2) is 19.7 Å². The Morgan fingerprint density at radius 3 is 2.77 bits per heavy atom. The Kier molecular flexibility index (Phi) is 6.01. The van der Waals surface area contributed by atoms with E-state index in [2.05, 4.69) is 19.9 Å². The molecular weight excluding hydrogens is 484 g/mol. The van der Waals surface area contributed by atoms with E-state index in [-0.39, 0.29) is 11.5 Å². The van der Waals surface area contributed by atoms with E-state index in [9.17, 15) is 9.59 Å². The van der Waals surface area contributed by atoms with Crippen molar-refractivity contribution in [1.29, 1.82) is 0 Å². The second-order valence-electron chi connectivity index (χ2n) is 7.74. The molecule has 35 heavy (non-hydrogen) atoms. The van der Waals surface area contributed by atoms with Gasteiger partial charge in [0.25, 0.3) is 5.91 Å². The smallest absolute Gasteiger partial charge is 0.335 e. The lowest BCUT2D eigenvalue weighted by molar-refractivity contribution is -0.122. The van der Waals surface area contributed by atoms with Gasteiger partial charge < -0.3 is 15.8 Å². The van der Waals surface area contributed by atoms with Crippen LogP contribution in [-0.4, -0.2) is 52.7 Å². The molecule has 0 saturated carbocycles. The van der Waals surface area contributed by atoms with Crippen LogP contribution in [0.3, 0.4) is 0 Å². The first kappa shape index (κ1) is 22.7. The van der Waals surface area contributed by atoms with E-state index in [1.165, 1.54) is 18.1 Å². The lowest BCUT2D eigenvalue weighted by Crippen LogP contribution is -2.30. The summed E-state index contributed by atoms with van der Waals surface area (Å²) in [6, 6.07) is 14.1. The molecule has 0 radical (unpaired) electrons. The molecule has 9 nitrogen and oxygen atoms in total. The summed E-state index contributed by atoms with van der Waals surface area (Å²) in [4.78, 5) is 42.0. The maximum Gasteiger partial charge on any atom is 0.335 e. The topological polar surface area (TPSA) is 138 Å². The van der Waals surface area contributed by atoms with Crippen LogP contribution in [0, 0.1) is 0 Å². The van der Waals surface area contributed by atoms with Crippen LogP contribution in [0.25, 0.3) is 28.6 Å². The molecule has 11 heteroatoms. The normalized spacial score (nSPS) is 14.9. The Hall–Kier alpha value is -4.09. The number of thioether (sulfide) groups is 1. The SMILES string of the molecule is Nc1nc(-c2cccc(/C=C3\SC(=S)N(CCc4ccc(C(=O)O)cc4)C3=O)c2)nc2nc[nH]c12. The van der Waals surface area contributed by atoms with E-state index < -0.39 is 5.97 Å². The molecule has 0 bridgehead atoms. The summed E-state index contributed by atoms with van der Waals surface area (Å²) < 4.78 is 0.486. The van der Waals surface area contributed by atoms with Gasteiger partial charge in [-0.3, -0.25) is 9.69 Å². The van der Waals surface area contributed by atoms with Crippen molar-refractivity contribution in [2.24, 2.45) is 0 Å². The van der Waals surface area contributed by atoms with Gasteiger partial charge >= 0.3 is 5.97 Å². The van der Waals surface area contributed by atoms with Crippen molar-refractivity contribution in [2.75, 3.05) is 12.3 Å². The monoisotopic (exact) mass is 502 g/mol. The molecule has 174 valence electrons. The number of carboxylic acids is 1. The molecular formula is C24H18N6O3S2. The Labute approximate surface area is 209 Å². The molecule has 0 spiro atoms. The number of nitrogens with zero attached hydrogens (tertiary/aromatic N) is 4. The highest BCUT2D eigenvalue weighted by atomic mass is 32.2. The number of hydrogen-bond acceptors (Lipinski definition) is 8. The average molecular weight is 503 g/mol. The molecule has 0 unspecified atom stereocenters. The third-order valence-electron chi connectivity index (χ3n) is 5.45. The van der Waals surface area contributed by atoms with Crippen LogP contribution < -0.4 is 5.73 Å². The fourth-order valence-electron chi connectivity index (χ4n) is 3.65. The zero-order valence-electron chi connectivity index (χ0n) is 18.1. The Balaban J connectivity index is 1.33. The minimum absolute atomic E-state index is 0.161. The van der Waals surface area contributed by atoms with Crippen LogP contribution in [0.4, 0.5) is 5.82 Å². The number of nitrogens with one attached hydrogen (secondary N) is 1. The molecule has 0 atom stereocenters. The first-order valence-electron chi connectivity index (χ1n) is 10.5. The van der Waals surface area contributed by atoms with Gasteiger partial charge in [0, 0.05) is 12.1 Å². The molecule has 4 N–H and O–H groups in total. The highest BCUT2D eigenvalue weighted by Crippen LogP contribution is 2.33. The number of amides is 1. The largest absolute Gasteiger partial charge is 0.478 e. The summed E-state index contributed by atoms with van der Waals surface area (Å²) in [5, 5.41) is 9.03. The molecule has 4 aromatic rings. The number of nitrogens with two attached hydrogens (primary N) is 1. The third kappa shape index (κ3) is 4.63. The number of aromatic carboxylic acids is 1. The number of anilines is 1. The summed E-state index contributed by atoms with van der Waals surface area (Å²) in [6.07, 6.45) is 3.87. The number of carbonyl (C=O) groups excluding carboxylic acids is 1. The van der Waals surface area contributed by atoms with Crippen molar-refractivity contribution < 1.29 is 14.7 Å². The lowest BCUT2D eigenvalue weighted by Gasteiger charge is -2.14. The predicted octanol–water partition coefficient (Wildman–Crippen LogP) is 3.74. The molecule has 1 aliphatic heterocycles. The zero-order chi connectivity index (χ0) is 24.5. The summed E-state index contributed by atoms with van der Waals surface area (Å²) in [6.45, 7) is 0.408. The van der Waals surface area contributed by atoms with Gasteiger partial charge in [-0.2, -0.15) is 0 Å². The highest BCUT2D eigenvalue weighted by Gasteiger charge is 2.31. The zero-order valence-corrected chi connectivity index (χ0v) is 19.8. The van der Waals surface area contributed by atoms with Crippen LogP contribution in [0.15, 0.2) is 59.8 Å². The van der Waals surface area contributed by atoms with Crippen molar-refractivity contribution in [3.8, 4) is 11.4 Å². The van der Waals surface area contributed by atoms with Crippen molar-refractivity contribution in [1.82, 2.24) is 24.8 Å².